The summed E-state index contributed by atoms with van der Waals surface area (Å²) < 4.78 is 22.6. The van der Waals surface area contributed by atoms with Crippen LogP contribution in [-0.2, 0) is 19.4 Å². The third-order valence-electron chi connectivity index (χ3n) is 3.45. The lowest BCUT2D eigenvalue weighted by Crippen LogP contribution is -2.42. The zero-order chi connectivity index (χ0) is 15.7. The van der Waals surface area contributed by atoms with Gasteiger partial charge in [0.25, 0.3) is 0 Å². The number of sulfone groups is 1. The number of amides is 2. The first kappa shape index (κ1) is 14.5. The van der Waals surface area contributed by atoms with Gasteiger partial charge in [0, 0.05) is 11.7 Å². The van der Waals surface area contributed by atoms with E-state index in [1.54, 1.807) is 18.2 Å². The molecule has 0 spiro atoms. The SMILES string of the molecule is O=C(Nc1ccc2nc[nH]c2c1)C(=O)NC1CCS(=O)(=O)C1. The van der Waals surface area contributed by atoms with E-state index in [9.17, 15) is 18.0 Å². The van der Waals surface area contributed by atoms with E-state index in [4.69, 9.17) is 0 Å². The van der Waals surface area contributed by atoms with Gasteiger partial charge >= 0.3 is 11.8 Å². The average Bonchev–Trinajstić information content (AvgIpc) is 3.04. The number of aromatic nitrogens is 2. The molecule has 1 aliphatic rings. The number of hydrogen-bond donors (Lipinski definition) is 3. The Morgan fingerprint density at radius 1 is 1.27 bits per heavy atom. The molecule has 0 radical (unpaired) electrons. The van der Waals surface area contributed by atoms with Gasteiger partial charge < -0.3 is 15.6 Å². The number of H-pyrrole nitrogens is 1. The number of hydrogen-bond acceptors (Lipinski definition) is 5. The van der Waals surface area contributed by atoms with Crippen LogP contribution in [0.5, 0.6) is 0 Å². The third-order valence-corrected chi connectivity index (χ3v) is 5.22. The Hall–Kier alpha value is -2.42. The maximum Gasteiger partial charge on any atom is 0.313 e. The predicted octanol–water partition coefficient (Wildman–Crippen LogP) is -0.195. The number of imidazole rings is 1. The molecule has 2 amide bonds. The Morgan fingerprint density at radius 2 is 2.09 bits per heavy atom. The highest BCUT2D eigenvalue weighted by atomic mass is 32.2. The van der Waals surface area contributed by atoms with Crippen molar-refractivity contribution in [2.75, 3.05) is 16.8 Å². The van der Waals surface area contributed by atoms with E-state index in [1.807, 2.05) is 0 Å². The van der Waals surface area contributed by atoms with E-state index in [1.165, 1.54) is 6.33 Å². The van der Waals surface area contributed by atoms with E-state index >= 15 is 0 Å². The summed E-state index contributed by atoms with van der Waals surface area (Å²) in [6, 6.07) is 4.50. The number of anilines is 1. The van der Waals surface area contributed by atoms with E-state index in [-0.39, 0.29) is 11.5 Å². The van der Waals surface area contributed by atoms with Gasteiger partial charge in [-0.15, -0.1) is 0 Å². The Kier molecular flexibility index (Phi) is 3.57. The van der Waals surface area contributed by atoms with Gasteiger partial charge in [-0.25, -0.2) is 13.4 Å². The van der Waals surface area contributed by atoms with Gasteiger partial charge in [0.1, 0.15) is 0 Å². The number of aromatic amines is 1. The molecule has 116 valence electrons. The zero-order valence-corrected chi connectivity index (χ0v) is 12.3. The van der Waals surface area contributed by atoms with Gasteiger partial charge in [-0.05, 0) is 24.6 Å². The molecule has 1 fully saturated rings. The van der Waals surface area contributed by atoms with Crippen LogP contribution in [0, 0.1) is 0 Å². The van der Waals surface area contributed by atoms with Crippen molar-refractivity contribution in [2.45, 2.75) is 12.5 Å². The number of rotatable bonds is 2. The molecule has 9 heteroatoms. The second-order valence-corrected chi connectivity index (χ2v) is 7.39. The normalized spacial score (nSPS) is 19.9. The third kappa shape index (κ3) is 3.08. The lowest BCUT2D eigenvalue weighted by atomic mass is 10.2. The van der Waals surface area contributed by atoms with Gasteiger partial charge in [-0.3, -0.25) is 9.59 Å². The van der Waals surface area contributed by atoms with E-state index in [0.717, 1.165) is 11.0 Å². The molecule has 2 aromatic rings. The minimum absolute atomic E-state index is 0.0378. The maximum absolute atomic E-state index is 11.8. The topological polar surface area (TPSA) is 121 Å². The van der Waals surface area contributed by atoms with Crippen LogP contribution in [0.2, 0.25) is 0 Å². The number of nitrogens with zero attached hydrogens (tertiary/aromatic N) is 1. The van der Waals surface area contributed by atoms with Crippen molar-refractivity contribution in [1.29, 1.82) is 0 Å². The quantitative estimate of drug-likeness (QED) is 0.661. The summed E-state index contributed by atoms with van der Waals surface area (Å²) in [4.78, 5) is 30.6. The van der Waals surface area contributed by atoms with Crippen molar-refractivity contribution < 1.29 is 18.0 Å². The van der Waals surface area contributed by atoms with Crippen LogP contribution < -0.4 is 10.6 Å². The van der Waals surface area contributed by atoms with Gasteiger partial charge in [-0.1, -0.05) is 0 Å². The summed E-state index contributed by atoms with van der Waals surface area (Å²) in [5, 5.41) is 4.91. The lowest BCUT2D eigenvalue weighted by molar-refractivity contribution is -0.136. The van der Waals surface area contributed by atoms with Crippen molar-refractivity contribution in [2.24, 2.45) is 0 Å². The van der Waals surface area contributed by atoms with Crippen LogP contribution in [0.4, 0.5) is 5.69 Å². The van der Waals surface area contributed by atoms with Crippen molar-refractivity contribution in [3.8, 4) is 0 Å². The summed E-state index contributed by atoms with van der Waals surface area (Å²) in [7, 11) is -3.10. The molecule has 0 bridgehead atoms. The van der Waals surface area contributed by atoms with Crippen LogP contribution in [0.25, 0.3) is 11.0 Å². The van der Waals surface area contributed by atoms with Crippen molar-refractivity contribution in [3.05, 3.63) is 24.5 Å². The monoisotopic (exact) mass is 322 g/mol. The minimum Gasteiger partial charge on any atom is -0.345 e. The first-order valence-corrected chi connectivity index (χ1v) is 8.50. The Labute approximate surface area is 126 Å². The predicted molar refractivity (Wildman–Crippen MR) is 79.9 cm³/mol. The molecular formula is C13H14N4O4S. The minimum atomic E-state index is -3.10. The van der Waals surface area contributed by atoms with E-state index in [0.29, 0.717) is 12.1 Å². The number of carbonyl (C=O) groups is 2. The van der Waals surface area contributed by atoms with Gasteiger partial charge in [0.15, 0.2) is 9.84 Å². The molecule has 3 N–H and O–H groups in total. The summed E-state index contributed by atoms with van der Waals surface area (Å²) in [6.45, 7) is 0. The van der Waals surface area contributed by atoms with Gasteiger partial charge in [-0.2, -0.15) is 0 Å². The number of nitrogens with one attached hydrogen (secondary N) is 3. The first-order chi connectivity index (χ1) is 10.4. The van der Waals surface area contributed by atoms with Crippen LogP contribution in [-0.4, -0.2) is 47.7 Å². The van der Waals surface area contributed by atoms with E-state index < -0.39 is 27.7 Å². The fourth-order valence-corrected chi connectivity index (χ4v) is 4.03. The lowest BCUT2D eigenvalue weighted by Gasteiger charge is -2.10. The standard InChI is InChI=1S/C13H14N4O4S/c18-12(13(19)17-9-3-4-22(20,21)6-9)16-8-1-2-10-11(5-8)15-7-14-10/h1-2,5,7,9H,3-4,6H2,(H,14,15)(H,16,18)(H,17,19). The van der Waals surface area contributed by atoms with Crippen LogP contribution in [0.15, 0.2) is 24.5 Å². The fraction of sp³-hybridized carbons (Fsp3) is 0.308. The Morgan fingerprint density at radius 3 is 2.82 bits per heavy atom. The van der Waals surface area contributed by atoms with Crippen molar-refractivity contribution >= 4 is 38.4 Å². The summed E-state index contributed by atoms with van der Waals surface area (Å²) in [6.07, 6.45) is 1.87. The van der Waals surface area contributed by atoms with Crippen LogP contribution in [0.3, 0.4) is 0 Å². The van der Waals surface area contributed by atoms with Crippen molar-refractivity contribution in [3.63, 3.8) is 0 Å². The highest BCUT2D eigenvalue weighted by molar-refractivity contribution is 7.91. The van der Waals surface area contributed by atoms with Crippen LogP contribution in [0.1, 0.15) is 6.42 Å². The summed E-state index contributed by atoms with van der Waals surface area (Å²) in [5.74, 6) is -1.75. The number of fused-ring (bicyclic) bond motifs is 1. The zero-order valence-electron chi connectivity index (χ0n) is 11.5. The smallest absolute Gasteiger partial charge is 0.313 e. The number of carbonyl (C=O) groups excluding carboxylic acids is 2. The summed E-state index contributed by atoms with van der Waals surface area (Å²) >= 11 is 0. The molecule has 0 saturated carbocycles. The molecule has 0 aliphatic carbocycles. The fourth-order valence-electron chi connectivity index (χ4n) is 2.36. The summed E-state index contributed by atoms with van der Waals surface area (Å²) in [5.41, 5.74) is 1.94. The maximum atomic E-state index is 11.8. The second kappa shape index (κ2) is 5.41. The molecule has 22 heavy (non-hydrogen) atoms. The molecule has 8 nitrogen and oxygen atoms in total. The molecule has 2 heterocycles. The molecule has 1 aliphatic heterocycles. The molecule has 1 aromatic carbocycles. The highest BCUT2D eigenvalue weighted by Gasteiger charge is 2.30. The average molecular weight is 322 g/mol. The molecule has 1 saturated heterocycles. The van der Waals surface area contributed by atoms with Gasteiger partial charge in [0.2, 0.25) is 0 Å². The molecule has 3 rings (SSSR count). The second-order valence-electron chi connectivity index (χ2n) is 5.16. The van der Waals surface area contributed by atoms with E-state index in [2.05, 4.69) is 20.6 Å². The molecule has 1 atom stereocenters. The molecular weight excluding hydrogens is 308 g/mol. The largest absolute Gasteiger partial charge is 0.345 e. The first-order valence-electron chi connectivity index (χ1n) is 6.68. The molecule has 1 aromatic heterocycles. The number of benzene rings is 1. The van der Waals surface area contributed by atoms with Gasteiger partial charge in [0.05, 0.1) is 28.9 Å². The molecule has 1 unspecified atom stereocenters. The van der Waals surface area contributed by atoms with Crippen LogP contribution >= 0.6 is 0 Å². The Balaban J connectivity index is 1.62. The Bertz CT molecular complexity index is 843. The highest BCUT2D eigenvalue weighted by Crippen LogP contribution is 2.15. The van der Waals surface area contributed by atoms with Crippen molar-refractivity contribution in [1.82, 2.24) is 15.3 Å².